The molecule has 3 rings (SSSR count). The van der Waals surface area contributed by atoms with Gasteiger partial charge >= 0.3 is 7.82 Å². The molecular formula is C22H23O4P. The third-order valence-corrected chi connectivity index (χ3v) is 5.33. The van der Waals surface area contributed by atoms with Crippen LogP contribution < -0.4 is 13.6 Å². The zero-order valence-electron chi connectivity index (χ0n) is 15.7. The van der Waals surface area contributed by atoms with E-state index in [1.165, 1.54) is 0 Å². The highest BCUT2D eigenvalue weighted by atomic mass is 31.2. The highest BCUT2D eigenvalue weighted by molar-refractivity contribution is 7.49. The summed E-state index contributed by atoms with van der Waals surface area (Å²) < 4.78 is 30.7. The average Bonchev–Trinajstić information content (AvgIpc) is 2.66. The molecule has 0 saturated heterocycles. The fraction of sp³-hybridized carbons (Fsp3) is 0.182. The minimum absolute atomic E-state index is 0.421. The minimum Gasteiger partial charge on any atom is -0.386 e. The van der Waals surface area contributed by atoms with Gasteiger partial charge in [0.15, 0.2) is 0 Å². The number of hydrogen-bond donors (Lipinski definition) is 0. The molecule has 0 aliphatic carbocycles. The van der Waals surface area contributed by atoms with E-state index in [1.807, 2.05) is 63.2 Å². The largest absolute Gasteiger partial charge is 0.647 e. The quantitative estimate of drug-likeness (QED) is 0.437. The Kier molecular flexibility index (Phi) is 5.88. The first-order valence-electron chi connectivity index (χ1n) is 8.87. The van der Waals surface area contributed by atoms with E-state index in [0.29, 0.717) is 17.2 Å². The lowest BCUT2D eigenvalue weighted by molar-refractivity contribution is 0.297. The second-order valence-electron chi connectivity index (χ2n) is 6.31. The highest BCUT2D eigenvalue weighted by Crippen LogP contribution is 2.50. The first-order valence-corrected chi connectivity index (χ1v) is 10.3. The van der Waals surface area contributed by atoms with Gasteiger partial charge in [-0.25, -0.2) is 0 Å². The number of aryl methyl sites for hydroxylation is 3. The van der Waals surface area contributed by atoms with Crippen LogP contribution >= 0.6 is 7.82 Å². The molecule has 4 nitrogen and oxygen atoms in total. The van der Waals surface area contributed by atoms with E-state index in [-0.39, 0.29) is 0 Å². The van der Waals surface area contributed by atoms with Crippen LogP contribution in [0.5, 0.6) is 17.2 Å². The van der Waals surface area contributed by atoms with Gasteiger partial charge in [-0.05, 0) is 56.2 Å². The zero-order chi connectivity index (χ0) is 19.3. The maximum Gasteiger partial charge on any atom is 0.647 e. The minimum atomic E-state index is -3.96. The molecule has 5 heteroatoms. The van der Waals surface area contributed by atoms with Crippen molar-refractivity contribution in [1.29, 1.82) is 0 Å². The van der Waals surface area contributed by atoms with Gasteiger partial charge < -0.3 is 13.6 Å². The number of phosphoric ester groups is 1. The number of benzene rings is 3. The van der Waals surface area contributed by atoms with Crippen LogP contribution in [0, 0.1) is 13.8 Å². The lowest BCUT2D eigenvalue weighted by Crippen LogP contribution is -2.08. The van der Waals surface area contributed by atoms with Crippen molar-refractivity contribution < 1.29 is 18.1 Å². The summed E-state index contributed by atoms with van der Waals surface area (Å²) in [6, 6.07) is 21.9. The lowest BCUT2D eigenvalue weighted by Gasteiger charge is -2.20. The summed E-state index contributed by atoms with van der Waals surface area (Å²) in [6.07, 6.45) is 0.741. The molecule has 0 spiro atoms. The predicted octanol–water partition coefficient (Wildman–Crippen LogP) is 6.51. The fourth-order valence-corrected chi connectivity index (χ4v) is 3.81. The summed E-state index contributed by atoms with van der Waals surface area (Å²) in [7, 11) is -3.96. The predicted molar refractivity (Wildman–Crippen MR) is 108 cm³/mol. The molecule has 0 atom stereocenters. The molecule has 0 aliphatic rings. The first kappa shape index (κ1) is 19.1. The molecule has 0 N–H and O–H groups in total. The fourth-order valence-electron chi connectivity index (χ4n) is 2.52. The van der Waals surface area contributed by atoms with Gasteiger partial charge in [0.25, 0.3) is 0 Å². The number of phosphoric acid groups is 1. The van der Waals surface area contributed by atoms with Crippen molar-refractivity contribution in [3.63, 3.8) is 0 Å². The molecule has 0 unspecified atom stereocenters. The molecule has 0 fully saturated rings. The molecule has 27 heavy (non-hydrogen) atoms. The van der Waals surface area contributed by atoms with Crippen molar-refractivity contribution in [3.05, 3.63) is 89.5 Å². The Morgan fingerprint density at radius 2 is 1.19 bits per heavy atom. The molecule has 3 aromatic carbocycles. The van der Waals surface area contributed by atoms with E-state index >= 15 is 0 Å². The van der Waals surface area contributed by atoms with Gasteiger partial charge in [-0.15, -0.1) is 0 Å². The van der Waals surface area contributed by atoms with E-state index in [9.17, 15) is 4.57 Å². The second kappa shape index (κ2) is 8.32. The van der Waals surface area contributed by atoms with Crippen molar-refractivity contribution in [2.75, 3.05) is 0 Å². The van der Waals surface area contributed by atoms with Crippen molar-refractivity contribution in [1.82, 2.24) is 0 Å². The van der Waals surface area contributed by atoms with Gasteiger partial charge in [0.05, 0.1) is 0 Å². The van der Waals surface area contributed by atoms with Gasteiger partial charge in [-0.3, -0.25) is 0 Å². The lowest BCUT2D eigenvalue weighted by atomic mass is 10.1. The molecule has 0 aliphatic heterocycles. The summed E-state index contributed by atoms with van der Waals surface area (Å²) in [4.78, 5) is 0. The van der Waals surface area contributed by atoms with E-state index < -0.39 is 7.82 Å². The van der Waals surface area contributed by atoms with Crippen LogP contribution in [0.2, 0.25) is 0 Å². The third kappa shape index (κ3) is 5.15. The Morgan fingerprint density at radius 3 is 1.67 bits per heavy atom. The number of para-hydroxylation sites is 1. The molecule has 0 radical (unpaired) electrons. The smallest absolute Gasteiger partial charge is 0.386 e. The van der Waals surface area contributed by atoms with Gasteiger partial charge in [-0.2, -0.15) is 4.57 Å². The van der Waals surface area contributed by atoms with Gasteiger partial charge in [-0.1, -0.05) is 60.5 Å². The van der Waals surface area contributed by atoms with E-state index in [2.05, 4.69) is 0 Å². The molecule has 0 amide bonds. The summed E-state index contributed by atoms with van der Waals surface area (Å²) in [6.45, 7) is 5.95. The van der Waals surface area contributed by atoms with Gasteiger partial charge in [0.1, 0.15) is 17.2 Å². The molecule has 0 bridgehead atoms. The van der Waals surface area contributed by atoms with Crippen LogP contribution in [0.15, 0.2) is 72.8 Å². The SMILES string of the molecule is CCc1ccccc1OP(=O)(Oc1ccc(C)cc1)Oc1ccc(C)cc1. The molecule has 3 aromatic rings. The topological polar surface area (TPSA) is 44.8 Å². The Hall–Kier alpha value is -2.71. The van der Waals surface area contributed by atoms with Crippen LogP contribution in [0.25, 0.3) is 0 Å². The van der Waals surface area contributed by atoms with E-state index in [4.69, 9.17) is 13.6 Å². The van der Waals surface area contributed by atoms with Crippen molar-refractivity contribution in [2.45, 2.75) is 27.2 Å². The number of rotatable bonds is 7. The van der Waals surface area contributed by atoms with E-state index in [0.717, 1.165) is 23.1 Å². The van der Waals surface area contributed by atoms with Crippen LogP contribution in [-0.4, -0.2) is 0 Å². The Morgan fingerprint density at radius 1 is 0.704 bits per heavy atom. The summed E-state index contributed by atoms with van der Waals surface area (Å²) in [5.41, 5.74) is 3.08. The standard InChI is InChI=1S/C22H23O4P/c1-4-19-7-5-6-8-22(19)26-27(23,24-20-13-9-17(2)10-14-20)25-21-15-11-18(3)12-16-21/h5-16H,4H2,1-3H3. The van der Waals surface area contributed by atoms with Crippen molar-refractivity contribution in [3.8, 4) is 17.2 Å². The second-order valence-corrected chi connectivity index (χ2v) is 7.75. The first-order chi connectivity index (χ1) is 13.0. The van der Waals surface area contributed by atoms with Gasteiger partial charge in [0, 0.05) is 0 Å². The van der Waals surface area contributed by atoms with E-state index in [1.54, 1.807) is 30.3 Å². The summed E-state index contributed by atoms with van der Waals surface area (Å²) in [5.74, 6) is 1.33. The molecule has 140 valence electrons. The van der Waals surface area contributed by atoms with Crippen LogP contribution in [0.1, 0.15) is 23.6 Å². The third-order valence-electron chi connectivity index (χ3n) is 4.04. The summed E-state index contributed by atoms with van der Waals surface area (Å²) in [5, 5.41) is 0. The Labute approximate surface area is 160 Å². The molecule has 0 saturated carbocycles. The average molecular weight is 382 g/mol. The molecule has 0 aromatic heterocycles. The van der Waals surface area contributed by atoms with Crippen LogP contribution in [0.3, 0.4) is 0 Å². The van der Waals surface area contributed by atoms with Crippen molar-refractivity contribution >= 4 is 7.82 Å². The van der Waals surface area contributed by atoms with Gasteiger partial charge in [0.2, 0.25) is 0 Å². The van der Waals surface area contributed by atoms with Crippen LogP contribution in [-0.2, 0) is 11.0 Å². The molecule has 0 heterocycles. The Bertz CT molecular complexity index is 882. The van der Waals surface area contributed by atoms with Crippen molar-refractivity contribution in [2.24, 2.45) is 0 Å². The monoisotopic (exact) mass is 382 g/mol. The zero-order valence-corrected chi connectivity index (χ0v) is 16.6. The number of hydrogen-bond acceptors (Lipinski definition) is 4. The maximum atomic E-state index is 13.5. The highest BCUT2D eigenvalue weighted by Gasteiger charge is 2.33. The molecular weight excluding hydrogens is 359 g/mol. The van der Waals surface area contributed by atoms with Crippen LogP contribution in [0.4, 0.5) is 0 Å². The normalized spacial score (nSPS) is 11.1. The Balaban J connectivity index is 1.92. The maximum absolute atomic E-state index is 13.5. The summed E-state index contributed by atoms with van der Waals surface area (Å²) >= 11 is 0.